The number of carbonyl (C=O) groups is 1. The number of amides is 1. The number of hydrogen-bond donors (Lipinski definition) is 1. The van der Waals surface area contributed by atoms with Crippen molar-refractivity contribution in [2.24, 2.45) is 11.3 Å². The maximum absolute atomic E-state index is 13.0. The first-order chi connectivity index (χ1) is 12.5. The minimum absolute atomic E-state index is 0.0171. The van der Waals surface area contributed by atoms with Gasteiger partial charge in [0.25, 0.3) is 11.6 Å². The largest absolute Gasteiger partial charge is 0.391 e. The highest BCUT2D eigenvalue weighted by Crippen LogP contribution is 2.37. The van der Waals surface area contributed by atoms with Gasteiger partial charge in [0.05, 0.1) is 22.6 Å². The van der Waals surface area contributed by atoms with Crippen molar-refractivity contribution >= 4 is 17.0 Å². The number of aromatic nitrogens is 2. The maximum atomic E-state index is 13.0. The van der Waals surface area contributed by atoms with Crippen LogP contribution in [0.3, 0.4) is 0 Å². The van der Waals surface area contributed by atoms with E-state index < -0.39 is 24.0 Å². The van der Waals surface area contributed by atoms with Crippen LogP contribution in [0.2, 0.25) is 0 Å². The summed E-state index contributed by atoms with van der Waals surface area (Å²) < 4.78 is 44.1. The first-order valence-electron chi connectivity index (χ1n) is 9.15. The van der Waals surface area contributed by atoms with Gasteiger partial charge in [-0.05, 0) is 37.2 Å². The molecule has 3 rings (SSSR count). The number of carbonyl (C=O) groups excluding carboxylic acids is 1. The standard InChI is InChI=1S/C19H24F3N3O2/c1-18(2,3)9-15-14-7-11(10-23-17(14)27-25-15)16(26)24-13-6-4-5-12(8-13)19(20,21)22/h7,10,12-13H,4-6,8-9H2,1-3H3,(H,24,26). The summed E-state index contributed by atoms with van der Waals surface area (Å²) in [6, 6.07) is 1.17. The molecule has 148 valence electrons. The number of fused-ring (bicyclic) bond motifs is 1. The molecule has 1 amide bonds. The lowest BCUT2D eigenvalue weighted by Gasteiger charge is -2.31. The summed E-state index contributed by atoms with van der Waals surface area (Å²) in [5, 5.41) is 7.43. The van der Waals surface area contributed by atoms with Crippen molar-refractivity contribution in [1.82, 2.24) is 15.5 Å². The third-order valence-electron chi connectivity index (χ3n) is 4.84. The molecular weight excluding hydrogens is 359 g/mol. The Hall–Kier alpha value is -2.12. The minimum Gasteiger partial charge on any atom is -0.349 e. The quantitative estimate of drug-likeness (QED) is 0.837. The number of alkyl halides is 3. The van der Waals surface area contributed by atoms with Gasteiger partial charge in [-0.3, -0.25) is 4.79 Å². The van der Waals surface area contributed by atoms with Gasteiger partial charge in [0.2, 0.25) is 0 Å². The van der Waals surface area contributed by atoms with Gasteiger partial charge in [-0.1, -0.05) is 32.3 Å². The number of hydrogen-bond acceptors (Lipinski definition) is 4. The minimum atomic E-state index is -4.21. The summed E-state index contributed by atoms with van der Waals surface area (Å²) in [5.41, 5.74) is 1.35. The number of nitrogens with one attached hydrogen (secondary N) is 1. The Bertz CT molecular complexity index is 824. The molecule has 8 heteroatoms. The summed E-state index contributed by atoms with van der Waals surface area (Å²) >= 11 is 0. The lowest BCUT2D eigenvalue weighted by atomic mass is 9.85. The number of nitrogens with zero attached hydrogens (tertiary/aromatic N) is 2. The molecule has 0 saturated heterocycles. The molecule has 0 aromatic carbocycles. The Morgan fingerprint density at radius 1 is 1.30 bits per heavy atom. The topological polar surface area (TPSA) is 68.0 Å². The molecule has 2 heterocycles. The van der Waals surface area contributed by atoms with E-state index in [9.17, 15) is 18.0 Å². The molecule has 2 atom stereocenters. The molecule has 1 fully saturated rings. The molecule has 0 radical (unpaired) electrons. The first-order valence-corrected chi connectivity index (χ1v) is 9.15. The van der Waals surface area contributed by atoms with Gasteiger partial charge in [0.15, 0.2) is 0 Å². The van der Waals surface area contributed by atoms with Gasteiger partial charge in [0, 0.05) is 12.2 Å². The molecule has 0 aliphatic heterocycles. The predicted octanol–water partition coefficient (Wildman–Crippen LogP) is 4.66. The van der Waals surface area contributed by atoms with Gasteiger partial charge >= 0.3 is 6.18 Å². The Kier molecular flexibility index (Phi) is 5.18. The summed E-state index contributed by atoms with van der Waals surface area (Å²) in [7, 11) is 0. The number of pyridine rings is 1. The van der Waals surface area contributed by atoms with Crippen molar-refractivity contribution in [3.63, 3.8) is 0 Å². The van der Waals surface area contributed by atoms with Gasteiger partial charge in [-0.25, -0.2) is 4.98 Å². The fourth-order valence-corrected chi connectivity index (χ4v) is 3.52. The molecule has 1 aliphatic rings. The molecule has 2 aromatic rings. The van der Waals surface area contributed by atoms with Gasteiger partial charge in [-0.15, -0.1) is 0 Å². The van der Waals surface area contributed by atoms with Gasteiger partial charge in [0.1, 0.15) is 0 Å². The molecule has 2 unspecified atom stereocenters. The summed E-state index contributed by atoms with van der Waals surface area (Å²) in [6.07, 6.45) is -1.14. The van der Waals surface area contributed by atoms with Crippen LogP contribution in [0.15, 0.2) is 16.8 Å². The zero-order valence-corrected chi connectivity index (χ0v) is 15.7. The summed E-state index contributed by atoms with van der Waals surface area (Å²) in [4.78, 5) is 16.7. The van der Waals surface area contributed by atoms with Gasteiger partial charge < -0.3 is 9.84 Å². The fraction of sp³-hybridized carbons (Fsp3) is 0.632. The molecule has 5 nitrogen and oxygen atoms in total. The molecule has 1 N–H and O–H groups in total. The van der Waals surface area contributed by atoms with Crippen molar-refractivity contribution in [2.75, 3.05) is 0 Å². The molecule has 2 aromatic heterocycles. The Labute approximate surface area is 155 Å². The normalized spacial score (nSPS) is 21.4. The number of halogens is 3. The monoisotopic (exact) mass is 383 g/mol. The van der Waals surface area contributed by atoms with E-state index in [-0.39, 0.29) is 18.3 Å². The van der Waals surface area contributed by atoms with Crippen molar-refractivity contribution in [1.29, 1.82) is 0 Å². The first kappa shape index (κ1) is 19.6. The Morgan fingerprint density at radius 2 is 2.04 bits per heavy atom. The average molecular weight is 383 g/mol. The Morgan fingerprint density at radius 3 is 2.70 bits per heavy atom. The van der Waals surface area contributed by atoms with E-state index in [2.05, 4.69) is 36.2 Å². The summed E-state index contributed by atoms with van der Waals surface area (Å²) in [5.74, 6) is -1.77. The van der Waals surface area contributed by atoms with E-state index in [4.69, 9.17) is 4.52 Å². The van der Waals surface area contributed by atoms with E-state index in [0.717, 1.165) is 5.69 Å². The highest BCUT2D eigenvalue weighted by Gasteiger charge is 2.42. The van der Waals surface area contributed by atoms with E-state index in [1.807, 2.05) is 0 Å². The molecule has 27 heavy (non-hydrogen) atoms. The SMILES string of the molecule is CC(C)(C)Cc1noc2ncc(C(=O)NC3CCCC(C(F)(F)F)C3)cc12. The molecule has 1 aliphatic carbocycles. The lowest BCUT2D eigenvalue weighted by molar-refractivity contribution is -0.183. The third kappa shape index (κ3) is 4.78. The van der Waals surface area contributed by atoms with Crippen LogP contribution in [0.4, 0.5) is 13.2 Å². The van der Waals surface area contributed by atoms with Gasteiger partial charge in [-0.2, -0.15) is 13.2 Å². The van der Waals surface area contributed by atoms with Crippen LogP contribution in [0.5, 0.6) is 0 Å². The maximum Gasteiger partial charge on any atom is 0.391 e. The smallest absolute Gasteiger partial charge is 0.349 e. The zero-order valence-electron chi connectivity index (χ0n) is 15.7. The third-order valence-corrected chi connectivity index (χ3v) is 4.84. The molecule has 1 saturated carbocycles. The van der Waals surface area contributed by atoms with Crippen molar-refractivity contribution in [3.05, 3.63) is 23.5 Å². The predicted molar refractivity (Wildman–Crippen MR) is 94.2 cm³/mol. The fourth-order valence-electron chi connectivity index (χ4n) is 3.52. The van der Waals surface area contributed by atoms with E-state index >= 15 is 0 Å². The van der Waals surface area contributed by atoms with Crippen molar-refractivity contribution in [2.45, 2.75) is 65.1 Å². The van der Waals surface area contributed by atoms with E-state index in [1.54, 1.807) is 6.07 Å². The van der Waals surface area contributed by atoms with Crippen LogP contribution < -0.4 is 5.32 Å². The van der Waals surface area contributed by atoms with Crippen LogP contribution in [-0.4, -0.2) is 28.3 Å². The second-order valence-corrected chi connectivity index (χ2v) is 8.52. The van der Waals surface area contributed by atoms with E-state index in [0.29, 0.717) is 35.9 Å². The van der Waals surface area contributed by atoms with Crippen LogP contribution in [-0.2, 0) is 6.42 Å². The highest BCUT2D eigenvalue weighted by atomic mass is 19.4. The molecular formula is C19H24F3N3O2. The highest BCUT2D eigenvalue weighted by molar-refractivity contribution is 5.97. The average Bonchev–Trinajstić information content (AvgIpc) is 2.95. The second-order valence-electron chi connectivity index (χ2n) is 8.52. The lowest BCUT2D eigenvalue weighted by Crippen LogP contribution is -2.41. The second kappa shape index (κ2) is 7.13. The zero-order chi connectivity index (χ0) is 19.8. The van der Waals surface area contributed by atoms with E-state index in [1.165, 1.54) is 6.20 Å². The van der Waals surface area contributed by atoms with Crippen molar-refractivity contribution in [3.8, 4) is 0 Å². The van der Waals surface area contributed by atoms with Crippen molar-refractivity contribution < 1.29 is 22.5 Å². The molecule has 0 bridgehead atoms. The molecule has 0 spiro atoms. The van der Waals surface area contributed by atoms with Crippen LogP contribution in [0.1, 0.15) is 62.5 Å². The van der Waals surface area contributed by atoms with Crippen LogP contribution in [0, 0.1) is 11.3 Å². The van der Waals surface area contributed by atoms with Crippen LogP contribution in [0.25, 0.3) is 11.1 Å². The number of rotatable bonds is 3. The Balaban J connectivity index is 1.75. The summed E-state index contributed by atoms with van der Waals surface area (Å²) in [6.45, 7) is 6.20. The van der Waals surface area contributed by atoms with Crippen LogP contribution >= 0.6 is 0 Å².